The molecule has 0 spiro atoms. The summed E-state index contributed by atoms with van der Waals surface area (Å²) in [6, 6.07) is 11.4. The lowest BCUT2D eigenvalue weighted by Gasteiger charge is -2.11. The van der Waals surface area contributed by atoms with Gasteiger partial charge in [-0.25, -0.2) is 4.98 Å². The normalized spacial score (nSPS) is 10.4. The third-order valence-corrected chi connectivity index (χ3v) is 4.36. The standard InChI is InChI=1S/C14H9BrN4S/c15-9-5-8(6-16)1-2-10(9)19-11-3-4-12-14(13(11)17)18-7-20-12/h1-5,7,19H,17H2. The van der Waals surface area contributed by atoms with Gasteiger partial charge in [0.1, 0.15) is 5.52 Å². The first-order valence-electron chi connectivity index (χ1n) is 5.77. The van der Waals surface area contributed by atoms with Crippen molar-refractivity contribution in [2.75, 3.05) is 11.1 Å². The molecule has 0 aliphatic carbocycles. The zero-order valence-corrected chi connectivity index (χ0v) is 12.6. The molecular weight excluding hydrogens is 336 g/mol. The number of nitrogen functional groups attached to an aromatic ring is 1. The fraction of sp³-hybridized carbons (Fsp3) is 0. The van der Waals surface area contributed by atoms with Gasteiger partial charge in [0, 0.05) is 4.47 Å². The number of nitriles is 1. The van der Waals surface area contributed by atoms with E-state index >= 15 is 0 Å². The van der Waals surface area contributed by atoms with Gasteiger partial charge in [-0.3, -0.25) is 0 Å². The molecule has 98 valence electrons. The lowest BCUT2D eigenvalue weighted by atomic mass is 10.2. The van der Waals surface area contributed by atoms with Crippen molar-refractivity contribution in [1.82, 2.24) is 4.98 Å². The first kappa shape index (κ1) is 12.9. The average molecular weight is 345 g/mol. The Labute approximate surface area is 128 Å². The summed E-state index contributed by atoms with van der Waals surface area (Å²) in [7, 11) is 0. The van der Waals surface area contributed by atoms with E-state index < -0.39 is 0 Å². The Morgan fingerprint density at radius 1 is 1.25 bits per heavy atom. The smallest absolute Gasteiger partial charge is 0.106 e. The first-order chi connectivity index (χ1) is 9.69. The molecule has 0 amide bonds. The third-order valence-electron chi connectivity index (χ3n) is 2.91. The number of nitrogens with two attached hydrogens (primary N) is 1. The maximum atomic E-state index is 8.86. The molecule has 3 aromatic rings. The molecule has 0 aliphatic heterocycles. The maximum Gasteiger partial charge on any atom is 0.106 e. The van der Waals surface area contributed by atoms with Crippen LogP contribution in [-0.2, 0) is 0 Å². The van der Waals surface area contributed by atoms with E-state index in [0.29, 0.717) is 11.3 Å². The van der Waals surface area contributed by atoms with Crippen LogP contribution in [0, 0.1) is 11.3 Å². The number of anilines is 3. The van der Waals surface area contributed by atoms with Gasteiger partial charge in [0.25, 0.3) is 0 Å². The predicted molar refractivity (Wildman–Crippen MR) is 86.2 cm³/mol. The molecule has 2 aromatic carbocycles. The van der Waals surface area contributed by atoms with Gasteiger partial charge in [-0.05, 0) is 46.3 Å². The summed E-state index contributed by atoms with van der Waals surface area (Å²) in [5.41, 5.74) is 11.6. The van der Waals surface area contributed by atoms with Crippen LogP contribution in [0.1, 0.15) is 5.56 Å². The Hall–Kier alpha value is -2.10. The lowest BCUT2D eigenvalue weighted by molar-refractivity contribution is 1.45. The number of hydrogen-bond acceptors (Lipinski definition) is 5. The molecule has 0 radical (unpaired) electrons. The highest BCUT2D eigenvalue weighted by Gasteiger charge is 2.08. The van der Waals surface area contributed by atoms with Crippen LogP contribution >= 0.6 is 27.3 Å². The quantitative estimate of drug-likeness (QED) is 0.681. The zero-order chi connectivity index (χ0) is 14.1. The van der Waals surface area contributed by atoms with E-state index in [1.165, 1.54) is 0 Å². The Bertz CT molecular complexity index is 835. The molecule has 0 fully saturated rings. The van der Waals surface area contributed by atoms with Gasteiger partial charge in [-0.1, -0.05) is 0 Å². The second kappa shape index (κ2) is 5.12. The number of rotatable bonds is 2. The van der Waals surface area contributed by atoms with Gasteiger partial charge in [0.05, 0.1) is 38.9 Å². The number of hydrogen-bond donors (Lipinski definition) is 2. The molecule has 0 bridgehead atoms. The first-order valence-corrected chi connectivity index (χ1v) is 7.44. The Morgan fingerprint density at radius 3 is 2.80 bits per heavy atom. The van der Waals surface area contributed by atoms with Crippen LogP contribution in [0.3, 0.4) is 0 Å². The van der Waals surface area contributed by atoms with Crippen molar-refractivity contribution in [3.05, 3.63) is 45.9 Å². The molecule has 3 rings (SSSR count). The molecule has 1 aromatic heterocycles. The Balaban J connectivity index is 2.01. The second-order valence-electron chi connectivity index (χ2n) is 4.16. The van der Waals surface area contributed by atoms with Crippen molar-refractivity contribution in [2.45, 2.75) is 0 Å². The van der Waals surface area contributed by atoms with Crippen molar-refractivity contribution in [1.29, 1.82) is 5.26 Å². The molecule has 1 heterocycles. The summed E-state index contributed by atoms with van der Waals surface area (Å²) in [4.78, 5) is 4.27. The van der Waals surface area contributed by atoms with Crippen LogP contribution in [0.4, 0.5) is 17.1 Å². The van der Waals surface area contributed by atoms with E-state index in [1.807, 2.05) is 18.2 Å². The molecule has 0 atom stereocenters. The maximum absolute atomic E-state index is 8.86. The van der Waals surface area contributed by atoms with E-state index in [-0.39, 0.29) is 0 Å². The number of halogens is 1. The van der Waals surface area contributed by atoms with Crippen LogP contribution in [0.2, 0.25) is 0 Å². The van der Waals surface area contributed by atoms with Gasteiger partial charge in [-0.2, -0.15) is 5.26 Å². The lowest BCUT2D eigenvalue weighted by Crippen LogP contribution is -1.97. The van der Waals surface area contributed by atoms with Crippen LogP contribution in [0.5, 0.6) is 0 Å². The van der Waals surface area contributed by atoms with Gasteiger partial charge in [0.2, 0.25) is 0 Å². The summed E-state index contributed by atoms with van der Waals surface area (Å²) >= 11 is 5.00. The van der Waals surface area contributed by atoms with E-state index in [0.717, 1.165) is 26.1 Å². The van der Waals surface area contributed by atoms with Gasteiger partial charge >= 0.3 is 0 Å². The highest BCUT2D eigenvalue weighted by molar-refractivity contribution is 9.10. The fourth-order valence-corrected chi connectivity index (χ4v) is 3.06. The topological polar surface area (TPSA) is 74.7 Å². The van der Waals surface area contributed by atoms with Crippen molar-refractivity contribution >= 4 is 54.5 Å². The molecular formula is C14H9BrN4S. The number of fused-ring (bicyclic) bond motifs is 1. The monoisotopic (exact) mass is 344 g/mol. The van der Waals surface area contributed by atoms with Crippen molar-refractivity contribution in [3.8, 4) is 6.07 Å². The number of nitrogens with zero attached hydrogens (tertiary/aromatic N) is 2. The summed E-state index contributed by atoms with van der Waals surface area (Å²) in [6.45, 7) is 0. The molecule has 0 saturated heterocycles. The minimum atomic E-state index is 0.602. The summed E-state index contributed by atoms with van der Waals surface area (Å²) < 4.78 is 1.88. The number of aromatic nitrogens is 1. The molecule has 0 saturated carbocycles. The predicted octanol–water partition coefficient (Wildman–Crippen LogP) is 4.26. The van der Waals surface area contributed by atoms with Gasteiger partial charge < -0.3 is 11.1 Å². The highest BCUT2D eigenvalue weighted by atomic mass is 79.9. The number of thiazole rings is 1. The SMILES string of the molecule is N#Cc1ccc(Nc2ccc3scnc3c2N)c(Br)c1. The van der Waals surface area contributed by atoms with E-state index in [9.17, 15) is 0 Å². The summed E-state index contributed by atoms with van der Waals surface area (Å²) in [5, 5.41) is 12.1. The van der Waals surface area contributed by atoms with Crippen LogP contribution in [0.15, 0.2) is 40.3 Å². The van der Waals surface area contributed by atoms with E-state index in [2.05, 4.69) is 32.3 Å². The van der Waals surface area contributed by atoms with Crippen molar-refractivity contribution < 1.29 is 0 Å². The van der Waals surface area contributed by atoms with Crippen LogP contribution < -0.4 is 11.1 Å². The second-order valence-corrected chi connectivity index (χ2v) is 5.90. The minimum absolute atomic E-state index is 0.602. The summed E-state index contributed by atoms with van der Waals surface area (Å²) in [5.74, 6) is 0. The Kier molecular flexibility index (Phi) is 3.30. The Morgan fingerprint density at radius 2 is 2.05 bits per heavy atom. The van der Waals surface area contributed by atoms with Gasteiger partial charge in [0.15, 0.2) is 0 Å². The number of nitrogens with one attached hydrogen (secondary N) is 1. The van der Waals surface area contributed by atoms with Gasteiger partial charge in [-0.15, -0.1) is 11.3 Å². The van der Waals surface area contributed by atoms with Crippen LogP contribution in [-0.4, -0.2) is 4.98 Å². The van der Waals surface area contributed by atoms with E-state index in [4.69, 9.17) is 11.0 Å². The largest absolute Gasteiger partial charge is 0.395 e. The molecule has 6 heteroatoms. The minimum Gasteiger partial charge on any atom is -0.395 e. The number of benzene rings is 2. The van der Waals surface area contributed by atoms with Crippen molar-refractivity contribution in [2.24, 2.45) is 0 Å². The molecule has 3 N–H and O–H groups in total. The van der Waals surface area contributed by atoms with Crippen molar-refractivity contribution in [3.63, 3.8) is 0 Å². The summed E-state index contributed by atoms with van der Waals surface area (Å²) in [6.07, 6.45) is 0. The average Bonchev–Trinajstić information content (AvgIpc) is 2.93. The molecule has 0 aliphatic rings. The van der Waals surface area contributed by atoms with E-state index in [1.54, 1.807) is 29.0 Å². The molecule has 0 unspecified atom stereocenters. The molecule has 4 nitrogen and oxygen atoms in total. The third kappa shape index (κ3) is 2.22. The fourth-order valence-electron chi connectivity index (χ4n) is 1.89. The molecule has 20 heavy (non-hydrogen) atoms. The van der Waals surface area contributed by atoms with Crippen LogP contribution in [0.25, 0.3) is 10.2 Å². The zero-order valence-electron chi connectivity index (χ0n) is 10.2. The highest BCUT2D eigenvalue weighted by Crippen LogP contribution is 2.34.